The summed E-state index contributed by atoms with van der Waals surface area (Å²) >= 11 is 0. The molecule has 1 aromatic carbocycles. The Kier molecular flexibility index (Phi) is 6.38. The van der Waals surface area contributed by atoms with Gasteiger partial charge >= 0.3 is 12.6 Å². The minimum Gasteiger partial charge on any atom is -0.480 e. The molecule has 0 aliphatic rings. The van der Waals surface area contributed by atoms with E-state index in [1.54, 1.807) is 17.0 Å². The molecule has 0 heterocycles. The number of carboxylic acid groups (broad SMARTS) is 1. The maximum atomic E-state index is 12.0. The first-order valence-corrected chi connectivity index (χ1v) is 6.34. The van der Waals surface area contributed by atoms with E-state index in [-0.39, 0.29) is 12.3 Å². The van der Waals surface area contributed by atoms with Crippen molar-refractivity contribution >= 4 is 5.97 Å². The fourth-order valence-electron chi connectivity index (χ4n) is 1.93. The monoisotopic (exact) mass is 287 g/mol. The number of aliphatic carboxylic acids is 1. The average Bonchev–Trinajstić information content (AvgIpc) is 2.29. The van der Waals surface area contributed by atoms with Crippen molar-refractivity contribution in [1.82, 2.24) is 4.90 Å². The van der Waals surface area contributed by atoms with E-state index in [1.165, 1.54) is 12.1 Å². The minimum atomic E-state index is -2.84. The molecule has 0 aliphatic carbocycles. The summed E-state index contributed by atoms with van der Waals surface area (Å²) in [5.41, 5.74) is 0.855. The zero-order chi connectivity index (χ0) is 15.1. The van der Waals surface area contributed by atoms with E-state index in [0.29, 0.717) is 19.0 Å². The molecule has 4 nitrogen and oxygen atoms in total. The number of rotatable bonds is 8. The third-order valence-electron chi connectivity index (χ3n) is 2.54. The minimum absolute atomic E-state index is 0.0481. The number of carboxylic acids is 1. The Labute approximate surface area is 117 Å². The van der Waals surface area contributed by atoms with E-state index in [1.807, 2.05) is 13.8 Å². The zero-order valence-corrected chi connectivity index (χ0v) is 11.6. The molecule has 0 atom stereocenters. The van der Waals surface area contributed by atoms with Gasteiger partial charge < -0.3 is 9.84 Å². The predicted octanol–water partition coefficient (Wildman–Crippen LogP) is 2.83. The highest BCUT2D eigenvalue weighted by molar-refractivity contribution is 5.69. The van der Waals surface area contributed by atoms with E-state index in [9.17, 15) is 13.6 Å². The second-order valence-corrected chi connectivity index (χ2v) is 4.98. The van der Waals surface area contributed by atoms with Gasteiger partial charge in [0.1, 0.15) is 5.75 Å². The van der Waals surface area contributed by atoms with E-state index in [0.717, 1.165) is 5.56 Å². The summed E-state index contributed by atoms with van der Waals surface area (Å²) in [6, 6.07) is 6.23. The molecule has 0 saturated carbocycles. The molecule has 1 N–H and O–H groups in total. The van der Waals surface area contributed by atoms with E-state index < -0.39 is 12.6 Å². The van der Waals surface area contributed by atoms with Gasteiger partial charge in [-0.1, -0.05) is 26.0 Å². The summed E-state index contributed by atoms with van der Waals surface area (Å²) < 4.78 is 28.3. The topological polar surface area (TPSA) is 49.8 Å². The number of alkyl halides is 2. The Morgan fingerprint density at radius 1 is 1.30 bits per heavy atom. The van der Waals surface area contributed by atoms with Gasteiger partial charge in [0, 0.05) is 13.1 Å². The standard InChI is InChI=1S/C14H19F2NO3/c1-10(2)7-17(9-13(18)19)8-11-3-5-12(6-4-11)20-14(15)16/h3-6,10,14H,7-9H2,1-2H3,(H,18,19). The maximum absolute atomic E-state index is 12.0. The van der Waals surface area contributed by atoms with E-state index in [2.05, 4.69) is 4.74 Å². The summed E-state index contributed by atoms with van der Waals surface area (Å²) in [6.45, 7) is 2.24. The molecule has 0 unspecified atom stereocenters. The first-order chi connectivity index (χ1) is 9.36. The van der Waals surface area contributed by atoms with Gasteiger partial charge in [0.2, 0.25) is 0 Å². The molecule has 0 radical (unpaired) electrons. The first-order valence-electron chi connectivity index (χ1n) is 6.34. The third-order valence-corrected chi connectivity index (χ3v) is 2.54. The molecule has 112 valence electrons. The van der Waals surface area contributed by atoms with Crippen molar-refractivity contribution < 1.29 is 23.4 Å². The van der Waals surface area contributed by atoms with Crippen LogP contribution in [0.4, 0.5) is 8.78 Å². The Morgan fingerprint density at radius 3 is 2.35 bits per heavy atom. The molecule has 0 aromatic heterocycles. The van der Waals surface area contributed by atoms with Crippen LogP contribution in [0, 0.1) is 5.92 Å². The molecule has 6 heteroatoms. The van der Waals surface area contributed by atoms with Crippen LogP contribution >= 0.6 is 0 Å². The van der Waals surface area contributed by atoms with Gasteiger partial charge in [0.05, 0.1) is 6.54 Å². The number of benzene rings is 1. The van der Waals surface area contributed by atoms with Crippen LogP contribution in [-0.4, -0.2) is 35.7 Å². The average molecular weight is 287 g/mol. The van der Waals surface area contributed by atoms with Gasteiger partial charge in [0.25, 0.3) is 0 Å². The number of hydrogen-bond acceptors (Lipinski definition) is 3. The van der Waals surface area contributed by atoms with Crippen LogP contribution in [0.15, 0.2) is 24.3 Å². The zero-order valence-electron chi connectivity index (χ0n) is 11.6. The molecule has 0 aliphatic heterocycles. The van der Waals surface area contributed by atoms with Crippen molar-refractivity contribution in [3.63, 3.8) is 0 Å². The number of nitrogens with zero attached hydrogens (tertiary/aromatic N) is 1. The molecule has 0 amide bonds. The SMILES string of the molecule is CC(C)CN(CC(=O)O)Cc1ccc(OC(F)F)cc1. The van der Waals surface area contributed by atoms with Crippen LogP contribution in [0.5, 0.6) is 5.75 Å². The van der Waals surface area contributed by atoms with Crippen molar-refractivity contribution in [3.05, 3.63) is 29.8 Å². The van der Waals surface area contributed by atoms with Gasteiger partial charge in [-0.3, -0.25) is 9.69 Å². The fraction of sp³-hybridized carbons (Fsp3) is 0.500. The number of carbonyl (C=O) groups is 1. The summed E-state index contributed by atoms with van der Waals surface area (Å²) in [6.07, 6.45) is 0. The summed E-state index contributed by atoms with van der Waals surface area (Å²) in [7, 11) is 0. The lowest BCUT2D eigenvalue weighted by Gasteiger charge is -2.22. The number of hydrogen-bond donors (Lipinski definition) is 1. The predicted molar refractivity (Wildman–Crippen MR) is 70.8 cm³/mol. The number of halogens is 2. The molecular formula is C14H19F2NO3. The second-order valence-electron chi connectivity index (χ2n) is 4.98. The molecule has 0 spiro atoms. The molecule has 1 aromatic rings. The van der Waals surface area contributed by atoms with Gasteiger partial charge in [-0.25, -0.2) is 0 Å². The highest BCUT2D eigenvalue weighted by Crippen LogP contribution is 2.16. The first kappa shape index (κ1) is 16.4. The lowest BCUT2D eigenvalue weighted by atomic mass is 10.1. The van der Waals surface area contributed by atoms with Crippen molar-refractivity contribution in [1.29, 1.82) is 0 Å². The maximum Gasteiger partial charge on any atom is 0.387 e. The van der Waals surface area contributed by atoms with Crippen molar-refractivity contribution in [2.24, 2.45) is 5.92 Å². The summed E-state index contributed by atoms with van der Waals surface area (Å²) in [4.78, 5) is 12.6. The highest BCUT2D eigenvalue weighted by Gasteiger charge is 2.12. The second kappa shape index (κ2) is 7.79. The largest absolute Gasteiger partial charge is 0.480 e. The molecule has 0 fully saturated rings. The van der Waals surface area contributed by atoms with Crippen LogP contribution < -0.4 is 4.74 Å². The smallest absolute Gasteiger partial charge is 0.387 e. The normalized spacial score (nSPS) is 11.3. The Morgan fingerprint density at radius 2 is 1.90 bits per heavy atom. The fourth-order valence-corrected chi connectivity index (χ4v) is 1.93. The molecule has 0 bridgehead atoms. The van der Waals surface area contributed by atoms with Crippen LogP contribution in [0.1, 0.15) is 19.4 Å². The van der Waals surface area contributed by atoms with E-state index >= 15 is 0 Å². The van der Waals surface area contributed by atoms with Crippen LogP contribution in [0.3, 0.4) is 0 Å². The summed E-state index contributed by atoms with van der Waals surface area (Å²) in [5, 5.41) is 8.87. The highest BCUT2D eigenvalue weighted by atomic mass is 19.3. The van der Waals surface area contributed by atoms with Crippen molar-refractivity contribution in [3.8, 4) is 5.75 Å². The van der Waals surface area contributed by atoms with Gasteiger partial charge in [-0.05, 0) is 23.6 Å². The lowest BCUT2D eigenvalue weighted by Crippen LogP contribution is -2.32. The van der Waals surface area contributed by atoms with Gasteiger partial charge in [-0.15, -0.1) is 0 Å². The van der Waals surface area contributed by atoms with Crippen molar-refractivity contribution in [2.45, 2.75) is 27.0 Å². The molecule has 20 heavy (non-hydrogen) atoms. The lowest BCUT2D eigenvalue weighted by molar-refractivity contribution is -0.138. The molecule has 1 rings (SSSR count). The Hall–Kier alpha value is -1.69. The third kappa shape index (κ3) is 6.47. The van der Waals surface area contributed by atoms with Gasteiger partial charge in [-0.2, -0.15) is 8.78 Å². The van der Waals surface area contributed by atoms with E-state index in [4.69, 9.17) is 5.11 Å². The Balaban J connectivity index is 2.65. The van der Waals surface area contributed by atoms with Gasteiger partial charge in [0.15, 0.2) is 0 Å². The Bertz CT molecular complexity index is 421. The van der Waals surface area contributed by atoms with Crippen LogP contribution in [-0.2, 0) is 11.3 Å². The quantitative estimate of drug-likeness (QED) is 0.798. The van der Waals surface area contributed by atoms with Crippen LogP contribution in [0.25, 0.3) is 0 Å². The molecular weight excluding hydrogens is 268 g/mol. The van der Waals surface area contributed by atoms with Crippen molar-refractivity contribution in [2.75, 3.05) is 13.1 Å². The number of ether oxygens (including phenoxy) is 1. The molecule has 0 saturated heterocycles. The summed E-state index contributed by atoms with van der Waals surface area (Å²) in [5.74, 6) is -0.448. The van der Waals surface area contributed by atoms with Crippen LogP contribution in [0.2, 0.25) is 0 Å².